The molecule has 210 valence electrons. The van der Waals surface area contributed by atoms with Crippen molar-refractivity contribution in [3.05, 3.63) is 131 Å². The van der Waals surface area contributed by atoms with Crippen LogP contribution in [0.2, 0.25) is 0 Å². The maximum absolute atomic E-state index is 12.6. The van der Waals surface area contributed by atoms with Crippen LogP contribution < -0.4 is 9.78 Å². The van der Waals surface area contributed by atoms with E-state index in [1.54, 1.807) is 42.5 Å². The van der Waals surface area contributed by atoms with Gasteiger partial charge in [-0.05, 0) is 53.1 Å². The van der Waals surface area contributed by atoms with Crippen LogP contribution in [-0.4, -0.2) is 16.8 Å². The number of halogens is 2. The Morgan fingerprint density at radius 1 is 0.525 bits per heavy atom. The van der Waals surface area contributed by atoms with Crippen molar-refractivity contribution in [3.63, 3.8) is 0 Å². The molecule has 0 aliphatic rings. The number of hydrogen-bond donors (Lipinski definition) is 0. The lowest BCUT2D eigenvalue weighted by molar-refractivity contribution is -0.1000. The zero-order valence-corrected chi connectivity index (χ0v) is 24.0. The molecular formula is C28H24Cl2O8S2. The van der Waals surface area contributed by atoms with Crippen molar-refractivity contribution in [3.8, 4) is 11.5 Å². The predicted molar refractivity (Wildman–Crippen MR) is 152 cm³/mol. The van der Waals surface area contributed by atoms with Gasteiger partial charge in [-0.3, -0.25) is 9.78 Å². The van der Waals surface area contributed by atoms with Crippen LogP contribution in [0.3, 0.4) is 0 Å². The third kappa shape index (κ3) is 7.34. The summed E-state index contributed by atoms with van der Waals surface area (Å²) in [6, 6.07) is 30.1. The normalized spacial score (nSPS) is 12.2. The lowest BCUT2D eigenvalue weighted by Crippen LogP contribution is -2.41. The van der Waals surface area contributed by atoms with E-state index in [1.165, 1.54) is 12.1 Å². The molecule has 0 saturated heterocycles. The minimum absolute atomic E-state index is 0.148. The zero-order chi connectivity index (χ0) is 28.6. The first-order valence-electron chi connectivity index (χ1n) is 11.8. The van der Waals surface area contributed by atoms with Crippen LogP contribution in [0.4, 0.5) is 0 Å². The summed E-state index contributed by atoms with van der Waals surface area (Å²) in [5, 5.41) is 0. The standard InChI is InChI=1S/C28H24Cl2O8S2/c29-39(31,32)28(40(30,33)34,36-21-23-9-5-2-6-10-23)25-13-17-27(18-14-25)38-37-26-15-11-24(12-16-26)20-35-19-22-7-3-1-4-8-22/h1-18H,19-21H2. The summed E-state index contributed by atoms with van der Waals surface area (Å²) in [5.74, 6) is 0.540. The Morgan fingerprint density at radius 2 is 0.925 bits per heavy atom. The zero-order valence-electron chi connectivity index (χ0n) is 20.9. The molecule has 8 nitrogen and oxygen atoms in total. The van der Waals surface area contributed by atoms with Gasteiger partial charge in [-0.25, -0.2) is 16.8 Å². The number of rotatable bonds is 13. The van der Waals surface area contributed by atoms with Crippen LogP contribution in [0.15, 0.2) is 109 Å². The van der Waals surface area contributed by atoms with Crippen molar-refractivity contribution in [1.29, 1.82) is 0 Å². The smallest absolute Gasteiger partial charge is 0.326 e. The molecule has 0 saturated carbocycles. The van der Waals surface area contributed by atoms with E-state index in [0.717, 1.165) is 23.3 Å². The van der Waals surface area contributed by atoms with Crippen LogP contribution in [0.5, 0.6) is 11.5 Å². The van der Waals surface area contributed by atoms with Crippen molar-refractivity contribution in [1.82, 2.24) is 0 Å². The van der Waals surface area contributed by atoms with Crippen LogP contribution in [0.1, 0.15) is 22.3 Å². The Bertz CT molecular complexity index is 1560. The van der Waals surface area contributed by atoms with Gasteiger partial charge in [0.1, 0.15) is 0 Å². The van der Waals surface area contributed by atoms with Crippen molar-refractivity contribution >= 4 is 39.5 Å². The lowest BCUT2D eigenvalue weighted by atomic mass is 10.2. The van der Waals surface area contributed by atoms with Gasteiger partial charge < -0.3 is 9.47 Å². The second kappa shape index (κ2) is 13.0. The van der Waals surface area contributed by atoms with Gasteiger partial charge in [-0.2, -0.15) is 0 Å². The summed E-state index contributed by atoms with van der Waals surface area (Å²) < 4.78 is 58.5. The monoisotopic (exact) mass is 622 g/mol. The molecule has 0 atom stereocenters. The highest BCUT2D eigenvalue weighted by atomic mass is 35.7. The molecule has 0 radical (unpaired) electrons. The van der Waals surface area contributed by atoms with E-state index in [2.05, 4.69) is 0 Å². The molecule has 4 rings (SSSR count). The van der Waals surface area contributed by atoms with Gasteiger partial charge in [0.2, 0.25) is 0 Å². The molecule has 0 N–H and O–H groups in total. The van der Waals surface area contributed by atoms with Gasteiger partial charge in [-0.1, -0.05) is 72.8 Å². The third-order valence-corrected chi connectivity index (χ3v) is 10.8. The van der Waals surface area contributed by atoms with Crippen LogP contribution in [0.25, 0.3) is 0 Å². The van der Waals surface area contributed by atoms with Crippen LogP contribution in [0, 0.1) is 0 Å². The predicted octanol–water partition coefficient (Wildman–Crippen LogP) is 6.24. The molecular weight excluding hydrogens is 599 g/mol. The number of benzene rings is 4. The first-order chi connectivity index (χ1) is 19.1. The van der Waals surface area contributed by atoms with E-state index in [-0.39, 0.29) is 11.3 Å². The van der Waals surface area contributed by atoms with Gasteiger partial charge in [0.25, 0.3) is 18.1 Å². The highest BCUT2D eigenvalue weighted by molar-refractivity contribution is 8.29. The van der Waals surface area contributed by atoms with Gasteiger partial charge in [-0.15, -0.1) is 0 Å². The maximum atomic E-state index is 12.6. The molecule has 4 aromatic rings. The average Bonchev–Trinajstić information content (AvgIpc) is 2.93. The van der Waals surface area contributed by atoms with Crippen molar-refractivity contribution in [2.75, 3.05) is 0 Å². The van der Waals surface area contributed by atoms with Crippen molar-refractivity contribution < 1.29 is 36.1 Å². The quantitative estimate of drug-likeness (QED) is 0.0980. The topological polar surface area (TPSA) is 105 Å². The van der Waals surface area contributed by atoms with Crippen molar-refractivity contribution in [2.45, 2.75) is 24.1 Å². The van der Waals surface area contributed by atoms with E-state index in [9.17, 15) is 16.8 Å². The lowest BCUT2D eigenvalue weighted by Gasteiger charge is -2.28. The molecule has 4 aromatic carbocycles. The molecule has 0 amide bonds. The molecule has 40 heavy (non-hydrogen) atoms. The third-order valence-electron chi connectivity index (χ3n) is 5.66. The highest BCUT2D eigenvalue weighted by Crippen LogP contribution is 2.43. The molecule has 0 aromatic heterocycles. The molecule has 0 aliphatic carbocycles. The minimum atomic E-state index is -4.95. The van der Waals surface area contributed by atoms with Crippen LogP contribution in [-0.2, 0) is 51.7 Å². The Kier molecular flexibility index (Phi) is 9.72. The van der Waals surface area contributed by atoms with Crippen LogP contribution >= 0.6 is 21.4 Å². The summed E-state index contributed by atoms with van der Waals surface area (Å²) in [5.41, 5.74) is 2.19. The van der Waals surface area contributed by atoms with E-state index < -0.39 is 29.0 Å². The summed E-state index contributed by atoms with van der Waals surface area (Å²) in [4.78, 5) is 10.6. The molecule has 0 bridgehead atoms. The molecule has 0 aliphatic heterocycles. The Balaban J connectivity index is 1.42. The highest BCUT2D eigenvalue weighted by Gasteiger charge is 2.57. The molecule has 0 heterocycles. The number of ether oxygens (including phenoxy) is 2. The van der Waals surface area contributed by atoms with E-state index in [0.29, 0.717) is 24.5 Å². The van der Waals surface area contributed by atoms with Gasteiger partial charge in [0, 0.05) is 26.9 Å². The fourth-order valence-electron chi connectivity index (χ4n) is 3.69. The summed E-state index contributed by atoms with van der Waals surface area (Å²) in [6.07, 6.45) is 0. The van der Waals surface area contributed by atoms with E-state index in [1.807, 2.05) is 42.5 Å². The Morgan fingerprint density at radius 3 is 1.38 bits per heavy atom. The first kappa shape index (κ1) is 29.9. The van der Waals surface area contributed by atoms with Gasteiger partial charge in [0.15, 0.2) is 11.5 Å². The summed E-state index contributed by atoms with van der Waals surface area (Å²) in [7, 11) is 1.32. The Hall–Kier alpha value is -3.12. The average molecular weight is 624 g/mol. The van der Waals surface area contributed by atoms with Gasteiger partial charge in [0.05, 0.1) is 19.8 Å². The van der Waals surface area contributed by atoms with E-state index >= 15 is 0 Å². The molecule has 12 heteroatoms. The maximum Gasteiger partial charge on any atom is 0.326 e. The molecule has 0 spiro atoms. The Labute approximate surface area is 241 Å². The second-order valence-electron chi connectivity index (χ2n) is 8.52. The second-order valence-corrected chi connectivity index (χ2v) is 14.1. The van der Waals surface area contributed by atoms with E-state index in [4.69, 9.17) is 40.6 Å². The van der Waals surface area contributed by atoms with Gasteiger partial charge >= 0.3 is 4.27 Å². The fraction of sp³-hybridized carbons (Fsp3) is 0.143. The summed E-state index contributed by atoms with van der Waals surface area (Å²) in [6.45, 7) is 0.513. The number of hydrogen-bond acceptors (Lipinski definition) is 8. The molecule has 0 fully saturated rings. The SMILES string of the molecule is O=S(=O)(Cl)C(OCc1ccccc1)(c1ccc(OOc2ccc(COCc3ccccc3)cc2)cc1)S(=O)(=O)Cl. The fourth-order valence-corrected chi connectivity index (χ4v) is 8.46. The largest absolute Gasteiger partial charge is 0.372 e. The minimum Gasteiger partial charge on any atom is -0.372 e. The summed E-state index contributed by atoms with van der Waals surface area (Å²) >= 11 is 0. The van der Waals surface area contributed by atoms with Crippen molar-refractivity contribution in [2.24, 2.45) is 0 Å². The molecule has 0 unspecified atom stereocenters. The first-order valence-corrected chi connectivity index (χ1v) is 16.4.